The average molecular weight is 354 g/mol. The predicted octanol–water partition coefficient (Wildman–Crippen LogP) is 3.10. The Bertz CT molecular complexity index is 615. The van der Waals surface area contributed by atoms with E-state index in [0.717, 1.165) is 6.07 Å². The van der Waals surface area contributed by atoms with Gasteiger partial charge in [-0.25, -0.2) is 9.18 Å². The summed E-state index contributed by atoms with van der Waals surface area (Å²) in [6.07, 6.45) is -6.20. The monoisotopic (exact) mass is 353 g/mol. The van der Waals surface area contributed by atoms with E-state index in [2.05, 4.69) is 0 Å². The van der Waals surface area contributed by atoms with Crippen LogP contribution in [0.1, 0.15) is 24.3 Å². The number of hydrogen-bond donors (Lipinski definition) is 2. The second kappa shape index (κ2) is 6.35. The minimum absolute atomic E-state index is 0.121. The molecule has 3 unspecified atom stereocenters. The molecule has 1 aliphatic rings. The lowest BCUT2D eigenvalue weighted by atomic mass is 10.1. The molecule has 0 spiro atoms. The quantitative estimate of drug-likeness (QED) is 0.799. The van der Waals surface area contributed by atoms with Gasteiger partial charge in [0, 0.05) is 22.4 Å². The molecule has 2 rings (SSSR count). The Hall–Kier alpha value is -1.83. The molecule has 0 heterocycles. The Labute approximate surface area is 133 Å². The van der Waals surface area contributed by atoms with Crippen molar-refractivity contribution in [1.29, 1.82) is 0 Å². The molecule has 0 saturated heterocycles. The summed E-state index contributed by atoms with van der Waals surface area (Å²) >= 11 is 5.86. The summed E-state index contributed by atoms with van der Waals surface area (Å²) in [5.41, 5.74) is 0.122. The number of aliphatic carboxylic acids is 1. The highest BCUT2D eigenvalue weighted by molar-refractivity contribution is 6.31. The van der Waals surface area contributed by atoms with Gasteiger partial charge in [-0.05, 0) is 18.6 Å². The fraction of sp³-hybridized carbons (Fsp3) is 0.429. The van der Waals surface area contributed by atoms with Gasteiger partial charge in [0.15, 0.2) is 0 Å². The van der Waals surface area contributed by atoms with Crippen LogP contribution in [-0.2, 0) is 9.59 Å². The molecule has 2 N–H and O–H groups in total. The van der Waals surface area contributed by atoms with E-state index in [1.807, 2.05) is 5.32 Å². The Kier molecular flexibility index (Phi) is 4.84. The summed E-state index contributed by atoms with van der Waals surface area (Å²) in [5.74, 6) is -4.60. The molecule has 1 aromatic carbocycles. The van der Waals surface area contributed by atoms with Gasteiger partial charge in [-0.2, -0.15) is 13.2 Å². The summed E-state index contributed by atoms with van der Waals surface area (Å²) in [4.78, 5) is 22.7. The van der Waals surface area contributed by atoms with Crippen molar-refractivity contribution in [2.45, 2.75) is 31.0 Å². The molecule has 126 valence electrons. The maximum absolute atomic E-state index is 13.7. The number of rotatable bonds is 5. The van der Waals surface area contributed by atoms with E-state index in [4.69, 9.17) is 16.7 Å². The van der Waals surface area contributed by atoms with Crippen molar-refractivity contribution in [3.05, 3.63) is 34.6 Å². The van der Waals surface area contributed by atoms with Crippen LogP contribution in [0.25, 0.3) is 0 Å². The summed E-state index contributed by atoms with van der Waals surface area (Å²) in [6, 6.07) is 1.93. The number of alkyl halides is 3. The summed E-state index contributed by atoms with van der Waals surface area (Å²) in [7, 11) is 0. The van der Waals surface area contributed by atoms with Gasteiger partial charge in [0.25, 0.3) is 0 Å². The van der Waals surface area contributed by atoms with E-state index in [0.29, 0.717) is 0 Å². The number of carbonyl (C=O) groups excluding carboxylic acids is 1. The van der Waals surface area contributed by atoms with Gasteiger partial charge in [0.2, 0.25) is 5.91 Å². The molecule has 3 atom stereocenters. The van der Waals surface area contributed by atoms with Gasteiger partial charge >= 0.3 is 12.1 Å². The molecule has 0 bridgehead atoms. The molecular weight excluding hydrogens is 342 g/mol. The first-order chi connectivity index (χ1) is 10.6. The summed E-state index contributed by atoms with van der Waals surface area (Å²) in [6.45, 7) is 0. The maximum Gasteiger partial charge on any atom is 0.391 e. The van der Waals surface area contributed by atoms with Crippen molar-refractivity contribution in [2.24, 2.45) is 5.92 Å². The van der Waals surface area contributed by atoms with Crippen LogP contribution in [0.15, 0.2) is 18.2 Å². The molecule has 1 saturated carbocycles. The molecule has 1 aliphatic carbocycles. The number of halogens is 5. The zero-order chi connectivity index (χ0) is 17.4. The second-order valence-electron chi connectivity index (χ2n) is 5.30. The smallest absolute Gasteiger partial charge is 0.391 e. The number of carbonyl (C=O) groups is 2. The molecule has 1 aromatic rings. The van der Waals surface area contributed by atoms with Gasteiger partial charge in [0.1, 0.15) is 11.9 Å². The Morgan fingerprint density at radius 3 is 2.57 bits per heavy atom. The zero-order valence-electron chi connectivity index (χ0n) is 11.5. The molecule has 1 fully saturated rings. The highest BCUT2D eigenvalue weighted by Crippen LogP contribution is 2.50. The second-order valence-corrected chi connectivity index (χ2v) is 5.71. The molecule has 0 aliphatic heterocycles. The molecule has 4 nitrogen and oxygen atoms in total. The third kappa shape index (κ3) is 4.34. The van der Waals surface area contributed by atoms with Crippen LogP contribution >= 0.6 is 11.6 Å². The van der Waals surface area contributed by atoms with Crippen LogP contribution < -0.4 is 5.32 Å². The highest BCUT2D eigenvalue weighted by atomic mass is 35.5. The summed E-state index contributed by atoms with van der Waals surface area (Å²) < 4.78 is 50.6. The zero-order valence-corrected chi connectivity index (χ0v) is 12.3. The van der Waals surface area contributed by atoms with Gasteiger partial charge in [-0.1, -0.05) is 17.7 Å². The van der Waals surface area contributed by atoms with Crippen molar-refractivity contribution in [3.63, 3.8) is 0 Å². The first-order valence-corrected chi connectivity index (χ1v) is 7.02. The van der Waals surface area contributed by atoms with Crippen molar-refractivity contribution in [2.75, 3.05) is 0 Å². The molecule has 1 amide bonds. The first kappa shape index (κ1) is 17.5. The Balaban J connectivity index is 2.04. The van der Waals surface area contributed by atoms with E-state index < -0.39 is 48.2 Å². The van der Waals surface area contributed by atoms with Gasteiger partial charge < -0.3 is 10.4 Å². The SMILES string of the molecule is O=C(O)C(CC(F)(F)F)NC(=O)C1CC1c1c(F)cccc1Cl. The topological polar surface area (TPSA) is 66.4 Å². The summed E-state index contributed by atoms with van der Waals surface area (Å²) in [5, 5.41) is 10.7. The first-order valence-electron chi connectivity index (χ1n) is 6.64. The third-order valence-corrected chi connectivity index (χ3v) is 3.88. The van der Waals surface area contributed by atoms with Crippen molar-refractivity contribution in [3.8, 4) is 0 Å². The number of benzene rings is 1. The number of nitrogens with one attached hydrogen (secondary N) is 1. The maximum atomic E-state index is 13.7. The van der Waals surface area contributed by atoms with Crippen LogP contribution in [0.4, 0.5) is 17.6 Å². The lowest BCUT2D eigenvalue weighted by molar-refractivity contribution is -0.160. The minimum atomic E-state index is -4.73. The minimum Gasteiger partial charge on any atom is -0.480 e. The van der Waals surface area contributed by atoms with Crippen LogP contribution in [0.5, 0.6) is 0 Å². The molecule has 9 heteroatoms. The molecule has 0 radical (unpaired) electrons. The predicted molar refractivity (Wildman–Crippen MR) is 72.5 cm³/mol. The standard InChI is InChI=1S/C14H12ClF4NO3/c15-8-2-1-3-9(16)11(8)6-4-7(6)12(21)20-10(13(22)23)5-14(17,18)19/h1-3,6-7,10H,4-5H2,(H,20,21)(H,22,23). The van der Waals surface area contributed by atoms with Gasteiger partial charge in [-0.3, -0.25) is 4.79 Å². The van der Waals surface area contributed by atoms with Crippen LogP contribution in [0.3, 0.4) is 0 Å². The van der Waals surface area contributed by atoms with Crippen molar-refractivity contribution in [1.82, 2.24) is 5.32 Å². The van der Waals surface area contributed by atoms with Gasteiger partial charge in [0.05, 0.1) is 6.42 Å². The molecule has 0 aromatic heterocycles. The van der Waals surface area contributed by atoms with Crippen LogP contribution in [0, 0.1) is 11.7 Å². The fourth-order valence-corrected chi connectivity index (χ4v) is 2.68. The number of amides is 1. The largest absolute Gasteiger partial charge is 0.480 e. The van der Waals surface area contributed by atoms with Crippen LogP contribution in [0.2, 0.25) is 5.02 Å². The van der Waals surface area contributed by atoms with E-state index in [-0.39, 0.29) is 17.0 Å². The lowest BCUT2D eigenvalue weighted by Crippen LogP contribution is -2.44. The van der Waals surface area contributed by atoms with E-state index in [9.17, 15) is 27.2 Å². The number of hydrogen-bond acceptors (Lipinski definition) is 2. The van der Waals surface area contributed by atoms with Crippen LogP contribution in [-0.4, -0.2) is 29.2 Å². The molecular formula is C14H12ClF4NO3. The average Bonchev–Trinajstić information content (AvgIpc) is 3.16. The van der Waals surface area contributed by atoms with Crippen molar-refractivity contribution >= 4 is 23.5 Å². The number of carboxylic acids is 1. The molecule has 23 heavy (non-hydrogen) atoms. The van der Waals surface area contributed by atoms with Crippen molar-refractivity contribution < 1.29 is 32.3 Å². The normalized spacial score (nSPS) is 21.6. The fourth-order valence-electron chi connectivity index (χ4n) is 2.38. The lowest BCUT2D eigenvalue weighted by Gasteiger charge is -2.16. The van der Waals surface area contributed by atoms with Gasteiger partial charge in [-0.15, -0.1) is 0 Å². The Morgan fingerprint density at radius 2 is 2.04 bits per heavy atom. The highest BCUT2D eigenvalue weighted by Gasteiger charge is 2.47. The van der Waals surface area contributed by atoms with E-state index >= 15 is 0 Å². The van der Waals surface area contributed by atoms with E-state index in [1.54, 1.807) is 0 Å². The number of carboxylic acid groups (broad SMARTS) is 1. The third-order valence-electron chi connectivity index (χ3n) is 3.55. The van der Waals surface area contributed by atoms with E-state index in [1.165, 1.54) is 12.1 Å². The Morgan fingerprint density at radius 1 is 1.39 bits per heavy atom.